The first-order chi connectivity index (χ1) is 13.0. The molecule has 144 valence electrons. The Hall–Kier alpha value is -1.92. The molecule has 5 nitrogen and oxygen atoms in total. The van der Waals surface area contributed by atoms with Crippen molar-refractivity contribution >= 4 is 24.9 Å². The maximum absolute atomic E-state index is 12.4. The van der Waals surface area contributed by atoms with Crippen molar-refractivity contribution in [1.29, 1.82) is 0 Å². The Labute approximate surface area is 161 Å². The molecule has 2 fully saturated rings. The Kier molecular flexibility index (Phi) is 6.86. The van der Waals surface area contributed by atoms with Gasteiger partial charge in [0.2, 0.25) is 0 Å². The number of carbonyl (C=O) groups is 2. The molecule has 1 saturated heterocycles. The summed E-state index contributed by atoms with van der Waals surface area (Å²) < 4.78 is 5.08. The molecule has 0 bridgehead atoms. The molecule has 1 heterocycles. The number of hydrogen-bond donors (Lipinski definition) is 1. The van der Waals surface area contributed by atoms with Gasteiger partial charge in [-0.15, -0.1) is 0 Å². The molecule has 6 heteroatoms. The van der Waals surface area contributed by atoms with Crippen LogP contribution >= 0.6 is 0 Å². The highest BCUT2D eigenvalue weighted by Gasteiger charge is 2.41. The molecular formula is C21H28BNO4. The van der Waals surface area contributed by atoms with Gasteiger partial charge in [0.05, 0.1) is 6.54 Å². The van der Waals surface area contributed by atoms with Crippen LogP contribution in [0.4, 0.5) is 0 Å². The maximum Gasteiger partial charge on any atom is 0.554 e. The van der Waals surface area contributed by atoms with E-state index in [1.165, 1.54) is 38.1 Å². The van der Waals surface area contributed by atoms with E-state index in [-0.39, 0.29) is 5.78 Å². The fraction of sp³-hybridized carbons (Fsp3) is 0.524. The zero-order valence-electron chi connectivity index (χ0n) is 15.9. The van der Waals surface area contributed by atoms with Gasteiger partial charge >= 0.3 is 13.1 Å². The number of rotatable bonds is 6. The van der Waals surface area contributed by atoms with Gasteiger partial charge in [0, 0.05) is 12.6 Å². The average molecular weight is 369 g/mol. The molecule has 2 atom stereocenters. The molecule has 1 N–H and O–H groups in total. The van der Waals surface area contributed by atoms with Crippen LogP contribution in [0, 0.1) is 11.8 Å². The standard InChI is InChI=1S/C21H28BNO4/c1-16(18-10-6-3-7-11-18)23-14-19(20(24)15-23)21(25)27-22(26)13-12-17-8-4-2-5-9-17/h2,4-5,8-9,12-13,16,18-19,26H,3,6-7,10-11,14-15H2,1H3/b13-12+/t16-,19?/m0/s1. The van der Waals surface area contributed by atoms with Gasteiger partial charge in [-0.25, -0.2) is 0 Å². The molecule has 1 aromatic rings. The van der Waals surface area contributed by atoms with Gasteiger partial charge in [0.25, 0.3) is 0 Å². The molecule has 0 radical (unpaired) electrons. The Bertz CT molecular complexity index is 672. The predicted octanol–water partition coefficient (Wildman–Crippen LogP) is 2.73. The molecule has 1 aliphatic heterocycles. The number of benzene rings is 1. The number of hydrogen-bond acceptors (Lipinski definition) is 5. The highest BCUT2D eigenvalue weighted by molar-refractivity contribution is 6.52. The van der Waals surface area contributed by atoms with Gasteiger partial charge in [-0.2, -0.15) is 0 Å². The first-order valence-corrected chi connectivity index (χ1v) is 9.93. The second-order valence-corrected chi connectivity index (χ2v) is 7.68. The minimum Gasteiger partial charge on any atom is -0.506 e. The molecule has 0 spiro atoms. The first-order valence-electron chi connectivity index (χ1n) is 9.93. The summed E-state index contributed by atoms with van der Waals surface area (Å²) in [5.74, 6) is 0.469. The van der Waals surface area contributed by atoms with Crippen LogP contribution in [0.15, 0.2) is 36.3 Å². The lowest BCUT2D eigenvalue weighted by Crippen LogP contribution is -2.38. The monoisotopic (exact) mass is 369 g/mol. The van der Waals surface area contributed by atoms with Crippen LogP contribution in [0.3, 0.4) is 0 Å². The summed E-state index contributed by atoms with van der Waals surface area (Å²) in [6.07, 6.45) is 7.88. The van der Waals surface area contributed by atoms with Crippen molar-refractivity contribution in [2.45, 2.75) is 45.1 Å². The highest BCUT2D eigenvalue weighted by atomic mass is 16.6. The van der Waals surface area contributed by atoms with E-state index in [0.29, 0.717) is 25.0 Å². The van der Waals surface area contributed by atoms with Gasteiger partial charge in [-0.05, 0) is 37.2 Å². The molecule has 0 aromatic heterocycles. The van der Waals surface area contributed by atoms with E-state index in [4.69, 9.17) is 4.65 Å². The third-order valence-electron chi connectivity index (χ3n) is 5.85. The fourth-order valence-electron chi connectivity index (χ4n) is 4.14. The summed E-state index contributed by atoms with van der Waals surface area (Å²) in [5.41, 5.74) is 0.900. The average Bonchev–Trinajstić information content (AvgIpc) is 3.09. The van der Waals surface area contributed by atoms with E-state index in [2.05, 4.69) is 11.8 Å². The smallest absolute Gasteiger partial charge is 0.506 e. The van der Waals surface area contributed by atoms with E-state index in [9.17, 15) is 14.6 Å². The zero-order valence-corrected chi connectivity index (χ0v) is 15.9. The molecule has 1 aliphatic carbocycles. The summed E-state index contributed by atoms with van der Waals surface area (Å²) in [5, 5.41) is 9.95. The second kappa shape index (κ2) is 9.33. The molecule has 2 aliphatic rings. The third kappa shape index (κ3) is 5.30. The summed E-state index contributed by atoms with van der Waals surface area (Å²) >= 11 is 0. The van der Waals surface area contributed by atoms with Crippen molar-refractivity contribution in [2.24, 2.45) is 11.8 Å². The van der Waals surface area contributed by atoms with Gasteiger partial charge in [0.15, 0.2) is 5.78 Å². The SMILES string of the molecule is C[C@@H](C1CCCCC1)N1CC(=O)C(C(=O)OB(O)/C=C/c2ccccc2)C1. The Morgan fingerprint density at radius 3 is 2.67 bits per heavy atom. The van der Waals surface area contributed by atoms with Crippen molar-refractivity contribution in [3.05, 3.63) is 41.9 Å². The Morgan fingerprint density at radius 1 is 1.26 bits per heavy atom. The lowest BCUT2D eigenvalue weighted by molar-refractivity contribution is -0.142. The van der Waals surface area contributed by atoms with E-state index < -0.39 is 19.0 Å². The summed E-state index contributed by atoms with van der Waals surface area (Å²) in [6, 6.07) is 9.75. The fourth-order valence-corrected chi connectivity index (χ4v) is 4.14. The topological polar surface area (TPSA) is 66.8 Å². The maximum atomic E-state index is 12.4. The van der Waals surface area contributed by atoms with Crippen molar-refractivity contribution in [1.82, 2.24) is 4.90 Å². The van der Waals surface area contributed by atoms with Crippen molar-refractivity contribution in [3.8, 4) is 0 Å². The van der Waals surface area contributed by atoms with Gasteiger partial charge < -0.3 is 9.68 Å². The van der Waals surface area contributed by atoms with Gasteiger partial charge in [-0.3, -0.25) is 14.5 Å². The molecule has 3 rings (SSSR count). The molecule has 1 unspecified atom stereocenters. The lowest BCUT2D eigenvalue weighted by Gasteiger charge is -2.33. The van der Waals surface area contributed by atoms with E-state index in [1.54, 1.807) is 6.08 Å². The van der Waals surface area contributed by atoms with Crippen LogP contribution in [0.5, 0.6) is 0 Å². The number of likely N-dealkylation sites (tertiary alicyclic amines) is 1. The van der Waals surface area contributed by atoms with Gasteiger partial charge in [0.1, 0.15) is 5.92 Å². The zero-order chi connectivity index (χ0) is 19.2. The first kappa shape index (κ1) is 19.8. The van der Waals surface area contributed by atoms with Crippen LogP contribution in [0.2, 0.25) is 0 Å². The lowest BCUT2D eigenvalue weighted by atomic mass is 9.84. The number of nitrogens with zero attached hydrogens (tertiary/aromatic N) is 1. The van der Waals surface area contributed by atoms with Gasteiger partial charge in [-0.1, -0.05) is 55.7 Å². The van der Waals surface area contributed by atoms with Crippen LogP contribution in [-0.2, 0) is 14.2 Å². The van der Waals surface area contributed by atoms with E-state index in [1.807, 2.05) is 30.3 Å². The van der Waals surface area contributed by atoms with Crippen LogP contribution in [-0.4, -0.2) is 47.9 Å². The predicted molar refractivity (Wildman–Crippen MR) is 106 cm³/mol. The highest BCUT2D eigenvalue weighted by Crippen LogP contribution is 2.31. The van der Waals surface area contributed by atoms with Crippen LogP contribution < -0.4 is 0 Å². The van der Waals surface area contributed by atoms with Crippen LogP contribution in [0.1, 0.15) is 44.6 Å². The van der Waals surface area contributed by atoms with Crippen molar-refractivity contribution < 1.29 is 19.3 Å². The second-order valence-electron chi connectivity index (χ2n) is 7.68. The quantitative estimate of drug-likeness (QED) is 0.617. The van der Waals surface area contributed by atoms with Crippen molar-refractivity contribution in [3.63, 3.8) is 0 Å². The Morgan fingerprint density at radius 2 is 1.96 bits per heavy atom. The largest absolute Gasteiger partial charge is 0.554 e. The molecular weight excluding hydrogens is 341 g/mol. The molecule has 1 saturated carbocycles. The van der Waals surface area contributed by atoms with Crippen LogP contribution in [0.25, 0.3) is 6.08 Å². The molecule has 1 aromatic carbocycles. The van der Waals surface area contributed by atoms with Crippen molar-refractivity contribution in [2.75, 3.05) is 13.1 Å². The summed E-state index contributed by atoms with van der Waals surface area (Å²) in [7, 11) is -1.35. The number of carbonyl (C=O) groups excluding carboxylic acids is 2. The normalized spacial score (nSPS) is 22.9. The Balaban J connectivity index is 1.52. The minimum atomic E-state index is -1.35. The minimum absolute atomic E-state index is 0.109. The summed E-state index contributed by atoms with van der Waals surface area (Å²) in [4.78, 5) is 26.8. The molecule has 27 heavy (non-hydrogen) atoms. The number of Topliss-reactive ketones (excluding diaryl/α,β-unsaturated/α-hetero) is 1. The van der Waals surface area contributed by atoms with E-state index >= 15 is 0 Å². The van der Waals surface area contributed by atoms with E-state index in [0.717, 1.165) is 5.56 Å². The summed E-state index contributed by atoms with van der Waals surface area (Å²) in [6.45, 7) is 2.85. The molecule has 0 amide bonds. The number of ketones is 1. The third-order valence-corrected chi connectivity index (χ3v) is 5.85.